The van der Waals surface area contributed by atoms with Gasteiger partial charge in [-0.1, -0.05) is 23.9 Å². The Morgan fingerprint density at radius 2 is 1.92 bits per heavy atom. The van der Waals surface area contributed by atoms with Gasteiger partial charge in [-0.2, -0.15) is 0 Å². The van der Waals surface area contributed by atoms with Crippen molar-refractivity contribution in [3.8, 4) is 0 Å². The highest BCUT2D eigenvalue weighted by Gasteiger charge is 2.14. The lowest BCUT2D eigenvalue weighted by atomic mass is 10.4. The third-order valence-electron chi connectivity index (χ3n) is 1.37. The first kappa shape index (κ1) is 7.43. The number of hydrogen-bond acceptors (Lipinski definition) is 3. The van der Waals surface area contributed by atoms with E-state index in [1.165, 1.54) is 22.4 Å². The number of hydrogen-bond donors (Lipinski definition) is 0. The summed E-state index contributed by atoms with van der Waals surface area (Å²) in [4.78, 5) is 6.45. The second-order valence-corrected chi connectivity index (χ2v) is 3.31. The summed E-state index contributed by atoms with van der Waals surface area (Å²) in [6.45, 7) is 0. The summed E-state index contributed by atoms with van der Waals surface area (Å²) >= 11 is 1.86. The molecule has 1 aliphatic heterocycles. The second kappa shape index (κ2) is 3.45. The zero-order valence-electron chi connectivity index (χ0n) is 6.31. The van der Waals surface area contributed by atoms with Crippen molar-refractivity contribution >= 4 is 11.8 Å². The Morgan fingerprint density at radius 1 is 1.17 bits per heavy atom. The maximum absolute atomic E-state index is 4.47. The fraction of sp³-hybridized carbons (Fsp3) is 0. The molecule has 1 aromatic heterocycles. The van der Waals surface area contributed by atoms with Gasteiger partial charge in [-0.3, -0.25) is 0 Å². The maximum Gasteiger partial charge on any atom is 0.180 e. The molecule has 0 spiro atoms. The Morgan fingerprint density at radius 3 is 2.25 bits per heavy atom. The molecule has 0 atom stereocenters. The number of oxazole rings is 1. The summed E-state index contributed by atoms with van der Waals surface area (Å²) in [5.41, 5.74) is 0. The summed E-state index contributed by atoms with van der Waals surface area (Å²) in [6.07, 6.45) is 4.47. The monoisotopic (exact) mass is 177 g/mol. The summed E-state index contributed by atoms with van der Waals surface area (Å²) in [5.74, 6) is 0. The predicted molar refractivity (Wildman–Crippen MR) is 47.1 cm³/mol. The van der Waals surface area contributed by atoms with Gasteiger partial charge < -0.3 is 4.42 Å². The summed E-state index contributed by atoms with van der Waals surface area (Å²) in [5, 5.41) is 0. The van der Waals surface area contributed by atoms with Gasteiger partial charge in [0.05, 0.1) is 6.20 Å². The minimum absolute atomic E-state index is 1.38. The van der Waals surface area contributed by atoms with Crippen LogP contribution in [0.4, 0.5) is 0 Å². The quantitative estimate of drug-likeness (QED) is 0.494. The van der Waals surface area contributed by atoms with Gasteiger partial charge in [0.2, 0.25) is 0 Å². The number of aromatic nitrogens is 1. The van der Waals surface area contributed by atoms with Gasteiger partial charge in [0.25, 0.3) is 0 Å². The van der Waals surface area contributed by atoms with Gasteiger partial charge in [0, 0.05) is 9.79 Å². The largest absolute Gasteiger partial charge is 0.452 e. The van der Waals surface area contributed by atoms with E-state index in [0.29, 0.717) is 0 Å². The lowest BCUT2D eigenvalue weighted by Gasteiger charge is -1.66. The molecule has 2 aromatic rings. The van der Waals surface area contributed by atoms with Crippen molar-refractivity contribution in [2.45, 2.75) is 9.79 Å². The minimum atomic E-state index is 1.38. The van der Waals surface area contributed by atoms with Crippen LogP contribution in [-0.4, -0.2) is 4.98 Å². The zero-order valence-corrected chi connectivity index (χ0v) is 7.12. The van der Waals surface area contributed by atoms with E-state index < -0.39 is 0 Å². The fourth-order valence-electron chi connectivity index (χ4n) is 0.787. The first-order valence-electron chi connectivity index (χ1n) is 3.56. The van der Waals surface area contributed by atoms with Gasteiger partial charge in [0.1, 0.15) is 6.26 Å². The molecule has 2 nitrogen and oxygen atoms in total. The first-order chi connectivity index (χ1) is 5.97. The Labute approximate surface area is 74.6 Å². The van der Waals surface area contributed by atoms with Gasteiger partial charge in [-0.25, -0.2) is 4.98 Å². The molecule has 0 saturated carbocycles. The molecule has 0 aliphatic carbocycles. The Bertz CT molecular complexity index is 307. The zero-order chi connectivity index (χ0) is 8.23. The molecule has 0 bridgehead atoms. The minimum Gasteiger partial charge on any atom is -0.452 e. The molecular weight excluding hydrogens is 170 g/mol. The van der Waals surface area contributed by atoms with Gasteiger partial charge in [-0.15, -0.1) is 0 Å². The SMILES string of the molecule is c1ccc2c(c1)S2.c1cocn1. The van der Waals surface area contributed by atoms with Crippen LogP contribution in [0.3, 0.4) is 0 Å². The van der Waals surface area contributed by atoms with E-state index in [-0.39, 0.29) is 0 Å². The second-order valence-electron chi connectivity index (χ2n) is 2.22. The van der Waals surface area contributed by atoms with E-state index in [0.717, 1.165) is 0 Å². The summed E-state index contributed by atoms with van der Waals surface area (Å²) < 4.78 is 4.47. The van der Waals surface area contributed by atoms with Crippen LogP contribution in [0.5, 0.6) is 0 Å². The molecule has 12 heavy (non-hydrogen) atoms. The molecule has 0 unspecified atom stereocenters. The molecule has 0 amide bonds. The number of nitrogens with zero attached hydrogens (tertiary/aromatic N) is 1. The molecule has 3 rings (SSSR count). The van der Waals surface area contributed by atoms with Gasteiger partial charge in [0.15, 0.2) is 6.39 Å². The molecule has 0 radical (unpaired) electrons. The van der Waals surface area contributed by atoms with Crippen molar-refractivity contribution in [2.24, 2.45) is 0 Å². The molecule has 0 N–H and O–H groups in total. The van der Waals surface area contributed by atoms with Crippen molar-refractivity contribution in [2.75, 3.05) is 0 Å². The van der Waals surface area contributed by atoms with Crippen molar-refractivity contribution in [1.82, 2.24) is 4.98 Å². The molecule has 0 fully saturated rings. The third-order valence-corrected chi connectivity index (χ3v) is 2.32. The van der Waals surface area contributed by atoms with Crippen LogP contribution in [-0.2, 0) is 0 Å². The van der Waals surface area contributed by atoms with Crippen LogP contribution in [0.2, 0.25) is 0 Å². The standard InChI is InChI=1S/C6H4S.C3H3NO/c1-2-4-6-5(3-1)7-6;1-2-5-3-4-1/h1-4H;1-3H. The highest BCUT2D eigenvalue weighted by atomic mass is 32.2. The highest BCUT2D eigenvalue weighted by molar-refractivity contribution is 8.04. The number of benzene rings is 1. The molecule has 2 heterocycles. The van der Waals surface area contributed by atoms with Crippen LogP contribution >= 0.6 is 11.8 Å². The van der Waals surface area contributed by atoms with Crippen LogP contribution in [0.25, 0.3) is 0 Å². The Balaban J connectivity index is 0.000000100. The third kappa shape index (κ3) is 1.89. The predicted octanol–water partition coefficient (Wildman–Crippen LogP) is 2.83. The Kier molecular flexibility index (Phi) is 2.14. The van der Waals surface area contributed by atoms with Crippen LogP contribution in [0.15, 0.2) is 57.3 Å². The molecule has 0 saturated heterocycles. The molecule has 1 aromatic carbocycles. The van der Waals surface area contributed by atoms with Gasteiger partial charge in [-0.05, 0) is 12.1 Å². The van der Waals surface area contributed by atoms with Crippen LogP contribution < -0.4 is 0 Å². The summed E-state index contributed by atoms with van der Waals surface area (Å²) in [6, 6.07) is 8.41. The lowest BCUT2D eigenvalue weighted by Crippen LogP contribution is -1.46. The topological polar surface area (TPSA) is 26.0 Å². The van der Waals surface area contributed by atoms with E-state index in [1.54, 1.807) is 6.20 Å². The van der Waals surface area contributed by atoms with Gasteiger partial charge >= 0.3 is 0 Å². The molecule has 1 aliphatic rings. The van der Waals surface area contributed by atoms with Crippen LogP contribution in [0.1, 0.15) is 0 Å². The number of rotatable bonds is 0. The van der Waals surface area contributed by atoms with Crippen LogP contribution in [0, 0.1) is 0 Å². The lowest BCUT2D eigenvalue weighted by molar-refractivity contribution is 0.558. The molecular formula is C9H7NOS. The highest BCUT2D eigenvalue weighted by Crippen LogP contribution is 2.47. The normalized spacial score (nSPS) is 11.0. The van der Waals surface area contributed by atoms with E-state index in [1.807, 2.05) is 11.8 Å². The van der Waals surface area contributed by atoms with E-state index in [2.05, 4.69) is 33.7 Å². The fourth-order valence-corrected chi connectivity index (χ4v) is 1.40. The summed E-state index contributed by atoms with van der Waals surface area (Å²) in [7, 11) is 0. The van der Waals surface area contributed by atoms with E-state index in [4.69, 9.17) is 0 Å². The average Bonchev–Trinajstić information content (AvgIpc) is 2.64. The first-order valence-corrected chi connectivity index (χ1v) is 4.37. The molecule has 3 heteroatoms. The van der Waals surface area contributed by atoms with E-state index >= 15 is 0 Å². The maximum atomic E-state index is 4.47. The smallest absolute Gasteiger partial charge is 0.180 e. The average molecular weight is 177 g/mol. The van der Waals surface area contributed by atoms with Crippen molar-refractivity contribution in [3.05, 3.63) is 43.1 Å². The Hall–Kier alpha value is -1.22. The van der Waals surface area contributed by atoms with E-state index in [9.17, 15) is 0 Å². The van der Waals surface area contributed by atoms with Crippen molar-refractivity contribution in [1.29, 1.82) is 0 Å². The van der Waals surface area contributed by atoms with Crippen molar-refractivity contribution in [3.63, 3.8) is 0 Å². The van der Waals surface area contributed by atoms with Crippen molar-refractivity contribution < 1.29 is 4.42 Å². The molecule has 60 valence electrons. The number of fused-ring (bicyclic) bond motifs is 1.